The van der Waals surface area contributed by atoms with Crippen LogP contribution in [-0.4, -0.2) is 30.3 Å². The number of carbonyl (C=O) groups is 3. The Bertz CT molecular complexity index is 305. The topological polar surface area (TPSA) is 113 Å². The SMILES string of the molecule is C[C@@H]1CC(=O)N[C@@H]1CC(=O)NCC(=O)NN. The molecule has 2 atom stereocenters. The van der Waals surface area contributed by atoms with E-state index in [1.54, 1.807) is 0 Å². The lowest BCUT2D eigenvalue weighted by Crippen LogP contribution is -2.42. The summed E-state index contributed by atoms with van der Waals surface area (Å²) in [5.41, 5.74) is 1.91. The summed E-state index contributed by atoms with van der Waals surface area (Å²) in [6.07, 6.45) is 0.631. The van der Waals surface area contributed by atoms with Crippen molar-refractivity contribution in [3.8, 4) is 0 Å². The molecule has 90 valence electrons. The van der Waals surface area contributed by atoms with Crippen LogP contribution in [0, 0.1) is 5.92 Å². The maximum Gasteiger partial charge on any atom is 0.253 e. The van der Waals surface area contributed by atoms with Gasteiger partial charge in [-0.1, -0.05) is 6.92 Å². The van der Waals surface area contributed by atoms with Gasteiger partial charge in [0.1, 0.15) is 0 Å². The van der Waals surface area contributed by atoms with Gasteiger partial charge in [-0.3, -0.25) is 19.8 Å². The predicted octanol–water partition coefficient (Wildman–Crippen LogP) is -1.99. The van der Waals surface area contributed by atoms with Gasteiger partial charge in [0.25, 0.3) is 5.91 Å². The van der Waals surface area contributed by atoms with Crippen LogP contribution >= 0.6 is 0 Å². The maximum atomic E-state index is 11.4. The summed E-state index contributed by atoms with van der Waals surface area (Å²) in [5, 5.41) is 5.12. The zero-order chi connectivity index (χ0) is 12.1. The summed E-state index contributed by atoms with van der Waals surface area (Å²) < 4.78 is 0. The van der Waals surface area contributed by atoms with E-state index >= 15 is 0 Å². The van der Waals surface area contributed by atoms with Crippen molar-refractivity contribution in [3.63, 3.8) is 0 Å². The minimum Gasteiger partial charge on any atom is -0.353 e. The van der Waals surface area contributed by atoms with Crippen LogP contribution in [0.25, 0.3) is 0 Å². The molecule has 0 unspecified atom stereocenters. The smallest absolute Gasteiger partial charge is 0.253 e. The van der Waals surface area contributed by atoms with Gasteiger partial charge in [-0.15, -0.1) is 0 Å². The summed E-state index contributed by atoms with van der Waals surface area (Å²) in [5.74, 6) is 4.22. The van der Waals surface area contributed by atoms with Gasteiger partial charge in [-0.25, -0.2) is 5.84 Å². The molecular formula is C9H16N4O3. The molecule has 0 aromatic heterocycles. The summed E-state index contributed by atoms with van der Waals surface area (Å²) in [4.78, 5) is 33.2. The molecule has 0 radical (unpaired) electrons. The van der Waals surface area contributed by atoms with Gasteiger partial charge < -0.3 is 10.6 Å². The molecule has 5 N–H and O–H groups in total. The Morgan fingerprint density at radius 2 is 2.19 bits per heavy atom. The molecule has 7 heteroatoms. The quantitative estimate of drug-likeness (QED) is 0.253. The monoisotopic (exact) mass is 228 g/mol. The normalized spacial score (nSPS) is 23.8. The number of hydrazine groups is 1. The molecule has 0 aromatic carbocycles. The number of rotatable bonds is 4. The number of hydrogen-bond donors (Lipinski definition) is 4. The van der Waals surface area contributed by atoms with Crippen molar-refractivity contribution in [2.24, 2.45) is 11.8 Å². The second kappa shape index (κ2) is 5.45. The van der Waals surface area contributed by atoms with Crippen molar-refractivity contribution < 1.29 is 14.4 Å². The Balaban J connectivity index is 2.29. The van der Waals surface area contributed by atoms with E-state index in [4.69, 9.17) is 5.84 Å². The predicted molar refractivity (Wildman–Crippen MR) is 55.7 cm³/mol. The van der Waals surface area contributed by atoms with Crippen LogP contribution in [0.5, 0.6) is 0 Å². The van der Waals surface area contributed by atoms with E-state index < -0.39 is 5.91 Å². The van der Waals surface area contributed by atoms with Gasteiger partial charge in [0.15, 0.2) is 0 Å². The lowest BCUT2D eigenvalue weighted by Gasteiger charge is -2.14. The fourth-order valence-corrected chi connectivity index (χ4v) is 1.60. The molecule has 0 spiro atoms. The molecule has 0 saturated carbocycles. The highest BCUT2D eigenvalue weighted by atomic mass is 16.2. The first-order chi connectivity index (χ1) is 7.52. The second-order valence-electron chi connectivity index (χ2n) is 3.90. The number of nitrogens with two attached hydrogens (primary N) is 1. The van der Waals surface area contributed by atoms with Gasteiger partial charge in [0.2, 0.25) is 11.8 Å². The molecule has 0 bridgehead atoms. The first-order valence-corrected chi connectivity index (χ1v) is 5.08. The minimum absolute atomic E-state index is 0.0370. The lowest BCUT2D eigenvalue weighted by molar-refractivity contribution is -0.126. The average molecular weight is 228 g/mol. The van der Waals surface area contributed by atoms with E-state index in [1.807, 2.05) is 12.3 Å². The van der Waals surface area contributed by atoms with Crippen LogP contribution in [0.4, 0.5) is 0 Å². The first kappa shape index (κ1) is 12.4. The summed E-state index contributed by atoms with van der Waals surface area (Å²) in [7, 11) is 0. The van der Waals surface area contributed by atoms with E-state index in [2.05, 4.69) is 10.6 Å². The highest BCUT2D eigenvalue weighted by Crippen LogP contribution is 2.17. The molecular weight excluding hydrogens is 212 g/mol. The Kier molecular flexibility index (Phi) is 4.24. The molecule has 1 heterocycles. The third kappa shape index (κ3) is 3.50. The molecule has 0 aromatic rings. The summed E-state index contributed by atoms with van der Waals surface area (Å²) in [6, 6.07) is -0.145. The molecule has 1 saturated heterocycles. The van der Waals surface area contributed by atoms with E-state index in [-0.39, 0.29) is 36.7 Å². The molecule has 1 aliphatic heterocycles. The van der Waals surface area contributed by atoms with Gasteiger partial charge >= 0.3 is 0 Å². The third-order valence-corrected chi connectivity index (χ3v) is 2.55. The fraction of sp³-hybridized carbons (Fsp3) is 0.667. The highest BCUT2D eigenvalue weighted by Gasteiger charge is 2.30. The van der Waals surface area contributed by atoms with Crippen LogP contribution in [0.3, 0.4) is 0 Å². The minimum atomic E-state index is -0.461. The Labute approximate surface area is 93.1 Å². The van der Waals surface area contributed by atoms with Crippen LogP contribution < -0.4 is 21.9 Å². The number of nitrogens with one attached hydrogen (secondary N) is 3. The number of carbonyl (C=O) groups excluding carboxylic acids is 3. The van der Waals surface area contributed by atoms with E-state index in [1.165, 1.54) is 0 Å². The Hall–Kier alpha value is -1.63. The molecule has 0 aliphatic carbocycles. The number of amides is 3. The largest absolute Gasteiger partial charge is 0.353 e. The van der Waals surface area contributed by atoms with Crippen LogP contribution in [-0.2, 0) is 14.4 Å². The van der Waals surface area contributed by atoms with Crippen molar-refractivity contribution in [1.82, 2.24) is 16.1 Å². The highest BCUT2D eigenvalue weighted by molar-refractivity contribution is 5.85. The van der Waals surface area contributed by atoms with Crippen LogP contribution in [0.15, 0.2) is 0 Å². The standard InChI is InChI=1S/C9H16N4O3/c1-5-2-8(15)12-6(5)3-7(14)11-4-9(16)13-10/h5-6H,2-4,10H2,1H3,(H,11,14)(H,12,15)(H,13,16)/t5-,6-/m1/s1. The van der Waals surface area contributed by atoms with Crippen molar-refractivity contribution in [2.45, 2.75) is 25.8 Å². The third-order valence-electron chi connectivity index (χ3n) is 2.55. The molecule has 1 fully saturated rings. The summed E-state index contributed by atoms with van der Waals surface area (Å²) in [6.45, 7) is 1.76. The molecule has 1 rings (SSSR count). The molecule has 1 aliphatic rings. The van der Waals surface area contributed by atoms with Gasteiger partial charge in [0, 0.05) is 18.9 Å². The van der Waals surface area contributed by atoms with Gasteiger partial charge in [-0.2, -0.15) is 0 Å². The van der Waals surface area contributed by atoms with Crippen LogP contribution in [0.1, 0.15) is 19.8 Å². The lowest BCUT2D eigenvalue weighted by atomic mass is 10.0. The van der Waals surface area contributed by atoms with Gasteiger partial charge in [0.05, 0.1) is 6.54 Å². The Morgan fingerprint density at radius 1 is 1.50 bits per heavy atom. The maximum absolute atomic E-state index is 11.4. The zero-order valence-electron chi connectivity index (χ0n) is 9.08. The molecule has 3 amide bonds. The molecule has 7 nitrogen and oxygen atoms in total. The van der Waals surface area contributed by atoms with Crippen molar-refractivity contribution in [3.05, 3.63) is 0 Å². The first-order valence-electron chi connectivity index (χ1n) is 5.08. The van der Waals surface area contributed by atoms with Crippen molar-refractivity contribution in [1.29, 1.82) is 0 Å². The fourth-order valence-electron chi connectivity index (χ4n) is 1.60. The molecule has 16 heavy (non-hydrogen) atoms. The summed E-state index contributed by atoms with van der Waals surface area (Å²) >= 11 is 0. The van der Waals surface area contributed by atoms with E-state index in [0.717, 1.165) is 0 Å². The average Bonchev–Trinajstić information content (AvgIpc) is 2.54. The van der Waals surface area contributed by atoms with Crippen molar-refractivity contribution in [2.75, 3.05) is 6.54 Å². The van der Waals surface area contributed by atoms with Crippen molar-refractivity contribution >= 4 is 17.7 Å². The number of hydrogen-bond acceptors (Lipinski definition) is 4. The van der Waals surface area contributed by atoms with E-state index in [0.29, 0.717) is 6.42 Å². The van der Waals surface area contributed by atoms with E-state index in [9.17, 15) is 14.4 Å². The van der Waals surface area contributed by atoms with Gasteiger partial charge in [-0.05, 0) is 5.92 Å². The Morgan fingerprint density at radius 3 is 2.69 bits per heavy atom. The zero-order valence-corrected chi connectivity index (χ0v) is 9.08. The second-order valence-corrected chi connectivity index (χ2v) is 3.90. The van der Waals surface area contributed by atoms with Crippen LogP contribution in [0.2, 0.25) is 0 Å².